The summed E-state index contributed by atoms with van der Waals surface area (Å²) < 4.78 is 24.7. The number of carbonyl (C=O) groups is 1. The van der Waals surface area contributed by atoms with E-state index in [2.05, 4.69) is 10.2 Å². The van der Waals surface area contributed by atoms with Crippen molar-refractivity contribution in [3.05, 3.63) is 71.3 Å². The van der Waals surface area contributed by atoms with E-state index in [0.29, 0.717) is 44.8 Å². The van der Waals surface area contributed by atoms with Crippen molar-refractivity contribution in [1.29, 1.82) is 0 Å². The number of carbonyl (C=O) groups excluding carboxylic acids is 1. The van der Waals surface area contributed by atoms with E-state index in [1.54, 1.807) is 0 Å². The summed E-state index contributed by atoms with van der Waals surface area (Å²) >= 11 is 0. The molecule has 0 aliphatic carbocycles. The second kappa shape index (κ2) is 8.65. The molecule has 1 N–H and O–H groups in total. The third-order valence-corrected chi connectivity index (χ3v) is 5.99. The monoisotopic (exact) mass is 387 g/mol. The van der Waals surface area contributed by atoms with Crippen molar-refractivity contribution in [3.63, 3.8) is 0 Å². The van der Waals surface area contributed by atoms with Crippen molar-refractivity contribution >= 4 is 15.9 Å². The molecule has 1 fully saturated rings. The molecule has 0 saturated carbocycles. The van der Waals surface area contributed by atoms with Gasteiger partial charge in [0.15, 0.2) is 0 Å². The van der Waals surface area contributed by atoms with E-state index in [1.165, 1.54) is 10.6 Å². The van der Waals surface area contributed by atoms with E-state index in [-0.39, 0.29) is 5.91 Å². The van der Waals surface area contributed by atoms with Gasteiger partial charge in [-0.1, -0.05) is 42.5 Å². The second-order valence-corrected chi connectivity index (χ2v) is 8.79. The SMILES string of the molecule is CS(=O)(=O)N1CCN(Cc2cccc(C(=O)NCc3ccccc3)c2)CC1. The number of nitrogens with one attached hydrogen (secondary N) is 1. The van der Waals surface area contributed by atoms with Crippen LogP contribution < -0.4 is 5.32 Å². The first-order valence-electron chi connectivity index (χ1n) is 9.00. The zero-order chi connectivity index (χ0) is 19.3. The molecule has 0 atom stereocenters. The Hall–Kier alpha value is -2.22. The molecule has 1 aliphatic heterocycles. The Kier molecular flexibility index (Phi) is 6.26. The standard InChI is InChI=1S/C20H25N3O3S/c1-27(25,26)23-12-10-22(11-13-23)16-18-8-5-9-19(14-18)20(24)21-15-17-6-3-2-4-7-17/h2-9,14H,10-13,15-16H2,1H3,(H,21,24). The molecule has 1 amide bonds. The minimum atomic E-state index is -3.12. The number of sulfonamides is 1. The average molecular weight is 388 g/mol. The number of piperazine rings is 1. The van der Waals surface area contributed by atoms with Gasteiger partial charge in [0.2, 0.25) is 10.0 Å². The minimum absolute atomic E-state index is 0.0948. The number of hydrogen-bond donors (Lipinski definition) is 1. The van der Waals surface area contributed by atoms with Crippen molar-refractivity contribution in [2.24, 2.45) is 0 Å². The molecule has 3 rings (SSSR count). The molecule has 144 valence electrons. The second-order valence-electron chi connectivity index (χ2n) is 6.81. The van der Waals surface area contributed by atoms with Crippen LogP contribution in [0.2, 0.25) is 0 Å². The molecule has 2 aromatic carbocycles. The molecule has 7 heteroatoms. The molecule has 0 bridgehead atoms. The van der Waals surface area contributed by atoms with Crippen molar-refractivity contribution in [3.8, 4) is 0 Å². The quantitative estimate of drug-likeness (QED) is 0.819. The van der Waals surface area contributed by atoms with Crippen LogP contribution in [0.1, 0.15) is 21.5 Å². The largest absolute Gasteiger partial charge is 0.348 e. The van der Waals surface area contributed by atoms with Crippen LogP contribution in [-0.4, -0.2) is 56.0 Å². The lowest BCUT2D eigenvalue weighted by atomic mass is 10.1. The first-order chi connectivity index (χ1) is 12.9. The minimum Gasteiger partial charge on any atom is -0.348 e. The Bertz CT molecular complexity index is 876. The molecule has 6 nitrogen and oxygen atoms in total. The zero-order valence-electron chi connectivity index (χ0n) is 15.5. The molecule has 0 spiro atoms. The van der Waals surface area contributed by atoms with Crippen molar-refractivity contribution in [2.75, 3.05) is 32.4 Å². The Labute approximate surface area is 160 Å². The summed E-state index contributed by atoms with van der Waals surface area (Å²) in [4.78, 5) is 14.6. The van der Waals surface area contributed by atoms with Gasteiger partial charge in [0.1, 0.15) is 0 Å². The topological polar surface area (TPSA) is 69.7 Å². The predicted molar refractivity (Wildman–Crippen MR) is 106 cm³/mol. The highest BCUT2D eigenvalue weighted by atomic mass is 32.2. The van der Waals surface area contributed by atoms with Crippen LogP contribution in [0.4, 0.5) is 0 Å². The zero-order valence-corrected chi connectivity index (χ0v) is 16.3. The van der Waals surface area contributed by atoms with E-state index in [1.807, 2.05) is 54.6 Å². The number of rotatable bonds is 6. The van der Waals surface area contributed by atoms with Gasteiger partial charge in [-0.05, 0) is 23.3 Å². The number of nitrogens with zero attached hydrogens (tertiary/aromatic N) is 2. The maximum Gasteiger partial charge on any atom is 0.251 e. The first kappa shape index (κ1) is 19.5. The molecular weight excluding hydrogens is 362 g/mol. The summed E-state index contributed by atoms with van der Waals surface area (Å²) in [7, 11) is -3.12. The van der Waals surface area contributed by atoms with Gasteiger partial charge in [0.25, 0.3) is 5.91 Å². The van der Waals surface area contributed by atoms with Gasteiger partial charge in [0.05, 0.1) is 6.26 Å². The maximum atomic E-state index is 12.4. The predicted octanol–water partition coefficient (Wildman–Crippen LogP) is 1.69. The van der Waals surface area contributed by atoms with Gasteiger partial charge >= 0.3 is 0 Å². The van der Waals surface area contributed by atoms with Crippen LogP contribution in [0.25, 0.3) is 0 Å². The fourth-order valence-corrected chi connectivity index (χ4v) is 4.00. The average Bonchev–Trinajstić information content (AvgIpc) is 2.67. The van der Waals surface area contributed by atoms with Gasteiger partial charge in [-0.25, -0.2) is 8.42 Å². The maximum absolute atomic E-state index is 12.4. The highest BCUT2D eigenvalue weighted by Crippen LogP contribution is 2.12. The van der Waals surface area contributed by atoms with Gasteiger partial charge < -0.3 is 5.32 Å². The van der Waals surface area contributed by atoms with Crippen LogP contribution in [-0.2, 0) is 23.1 Å². The van der Waals surface area contributed by atoms with E-state index in [0.717, 1.165) is 11.1 Å². The highest BCUT2D eigenvalue weighted by molar-refractivity contribution is 7.88. The summed E-state index contributed by atoms with van der Waals surface area (Å²) in [6.45, 7) is 3.61. The Morgan fingerprint density at radius 2 is 1.63 bits per heavy atom. The molecule has 0 aromatic heterocycles. The summed E-state index contributed by atoms with van der Waals surface area (Å²) in [6, 6.07) is 17.4. The van der Waals surface area contributed by atoms with E-state index in [4.69, 9.17) is 0 Å². The third kappa shape index (κ3) is 5.63. The Morgan fingerprint density at radius 3 is 2.30 bits per heavy atom. The van der Waals surface area contributed by atoms with E-state index >= 15 is 0 Å². The molecular formula is C20H25N3O3S. The fraction of sp³-hybridized carbons (Fsp3) is 0.350. The number of benzene rings is 2. The molecule has 0 unspecified atom stereocenters. The smallest absolute Gasteiger partial charge is 0.251 e. The van der Waals surface area contributed by atoms with Crippen LogP contribution in [0.5, 0.6) is 0 Å². The molecule has 1 heterocycles. The van der Waals surface area contributed by atoms with Crippen molar-refractivity contribution in [2.45, 2.75) is 13.1 Å². The van der Waals surface area contributed by atoms with E-state index in [9.17, 15) is 13.2 Å². The summed E-state index contributed by atoms with van der Waals surface area (Å²) in [5.74, 6) is -0.0948. The van der Waals surface area contributed by atoms with Gasteiger partial charge in [0, 0.05) is 44.8 Å². The van der Waals surface area contributed by atoms with Crippen molar-refractivity contribution in [1.82, 2.24) is 14.5 Å². The number of amides is 1. The normalized spacial score (nSPS) is 16.2. The van der Waals surface area contributed by atoms with Crippen LogP contribution in [0.15, 0.2) is 54.6 Å². The molecule has 2 aromatic rings. The van der Waals surface area contributed by atoms with Crippen molar-refractivity contribution < 1.29 is 13.2 Å². The summed E-state index contributed by atoms with van der Waals surface area (Å²) in [5, 5.41) is 2.94. The summed E-state index contributed by atoms with van der Waals surface area (Å²) in [6.07, 6.45) is 1.25. The van der Waals surface area contributed by atoms with Gasteiger partial charge in [-0.3, -0.25) is 9.69 Å². The number of hydrogen-bond acceptors (Lipinski definition) is 4. The lowest BCUT2D eigenvalue weighted by Gasteiger charge is -2.33. The van der Waals surface area contributed by atoms with E-state index < -0.39 is 10.0 Å². The van der Waals surface area contributed by atoms with Crippen LogP contribution in [0.3, 0.4) is 0 Å². The van der Waals surface area contributed by atoms with Gasteiger partial charge in [-0.2, -0.15) is 4.31 Å². The molecule has 0 radical (unpaired) electrons. The molecule has 1 saturated heterocycles. The van der Waals surface area contributed by atoms with Crippen LogP contribution >= 0.6 is 0 Å². The molecule has 1 aliphatic rings. The molecule has 27 heavy (non-hydrogen) atoms. The van der Waals surface area contributed by atoms with Gasteiger partial charge in [-0.15, -0.1) is 0 Å². The Morgan fingerprint density at radius 1 is 0.963 bits per heavy atom. The summed E-state index contributed by atoms with van der Waals surface area (Å²) in [5.41, 5.74) is 2.75. The Balaban J connectivity index is 1.55. The third-order valence-electron chi connectivity index (χ3n) is 4.69. The first-order valence-corrected chi connectivity index (χ1v) is 10.9. The lowest BCUT2D eigenvalue weighted by molar-refractivity contribution is 0.0950. The fourth-order valence-electron chi connectivity index (χ4n) is 3.17. The van der Waals surface area contributed by atoms with Crippen LogP contribution in [0, 0.1) is 0 Å². The lowest BCUT2D eigenvalue weighted by Crippen LogP contribution is -2.47. The highest BCUT2D eigenvalue weighted by Gasteiger charge is 2.23.